The van der Waals surface area contributed by atoms with E-state index in [4.69, 9.17) is 0 Å². The molecule has 0 unspecified atom stereocenters. The maximum absolute atomic E-state index is 3.11. The molecule has 0 saturated carbocycles. The zero-order chi connectivity index (χ0) is 6.41. The van der Waals surface area contributed by atoms with E-state index in [9.17, 15) is 0 Å². The molecule has 0 amide bonds. The van der Waals surface area contributed by atoms with Crippen molar-refractivity contribution >= 4 is 0 Å². The van der Waals surface area contributed by atoms with Crippen molar-refractivity contribution < 1.29 is 0 Å². The Morgan fingerprint density at radius 2 is 2.12 bits per heavy atom. The fraction of sp³-hybridized carbons (Fsp3) is 0.714. The predicted molar refractivity (Wildman–Crippen MR) is 37.7 cm³/mol. The summed E-state index contributed by atoms with van der Waals surface area (Å²) in [6.07, 6.45) is 4.45. The second-order valence-corrected chi connectivity index (χ2v) is 1.74. The maximum Gasteiger partial charge on any atom is 0.00606 e. The molecule has 0 aliphatic rings. The molecule has 0 saturated heterocycles. The Bertz CT molecular complexity index is 68.5. The molecular weight excluding hydrogens is 98.1 g/mol. The molecule has 0 rings (SSSR count). The van der Waals surface area contributed by atoms with Crippen molar-refractivity contribution in [2.24, 2.45) is 0 Å². The van der Waals surface area contributed by atoms with Gasteiger partial charge < -0.3 is 5.32 Å². The van der Waals surface area contributed by atoms with Gasteiger partial charge in [-0.3, -0.25) is 0 Å². The minimum atomic E-state index is 1.12. The maximum atomic E-state index is 3.11. The molecule has 1 heteroatoms. The van der Waals surface area contributed by atoms with Crippen LogP contribution in [0.5, 0.6) is 0 Å². The standard InChI is InChI=1S/C7H15N/c1-4-6-7(5-2)8-3/h6,8H,4-5H2,1-3H3/b7-6+. The Morgan fingerprint density at radius 1 is 1.50 bits per heavy atom. The van der Waals surface area contributed by atoms with Crippen LogP contribution in [0.1, 0.15) is 26.7 Å². The highest BCUT2D eigenvalue weighted by atomic mass is 14.8. The first-order chi connectivity index (χ1) is 3.85. The molecule has 0 aromatic carbocycles. The van der Waals surface area contributed by atoms with Crippen LogP contribution in [0.15, 0.2) is 11.8 Å². The number of nitrogens with one attached hydrogen (secondary N) is 1. The van der Waals surface area contributed by atoms with E-state index in [1.165, 1.54) is 5.70 Å². The first-order valence-electron chi connectivity index (χ1n) is 3.21. The lowest BCUT2D eigenvalue weighted by molar-refractivity contribution is 0.884. The average Bonchev–Trinajstić information content (AvgIpc) is 1.83. The largest absolute Gasteiger partial charge is 0.392 e. The molecule has 0 spiro atoms. The van der Waals surface area contributed by atoms with Crippen molar-refractivity contribution in [2.45, 2.75) is 26.7 Å². The van der Waals surface area contributed by atoms with E-state index in [0.717, 1.165) is 12.8 Å². The topological polar surface area (TPSA) is 12.0 Å². The molecule has 0 radical (unpaired) electrons. The van der Waals surface area contributed by atoms with Gasteiger partial charge in [-0.1, -0.05) is 19.9 Å². The van der Waals surface area contributed by atoms with Crippen molar-refractivity contribution in [3.8, 4) is 0 Å². The SMILES string of the molecule is CC/C=C(\CC)NC. The minimum Gasteiger partial charge on any atom is -0.392 e. The van der Waals surface area contributed by atoms with E-state index in [-0.39, 0.29) is 0 Å². The molecule has 0 heterocycles. The summed E-state index contributed by atoms with van der Waals surface area (Å²) in [5, 5.41) is 3.11. The van der Waals surface area contributed by atoms with Gasteiger partial charge in [0.15, 0.2) is 0 Å². The number of allylic oxidation sites excluding steroid dienone is 2. The molecule has 0 fully saturated rings. The molecule has 1 nitrogen and oxygen atoms in total. The Hall–Kier alpha value is -0.460. The van der Waals surface area contributed by atoms with Gasteiger partial charge in [0.2, 0.25) is 0 Å². The van der Waals surface area contributed by atoms with Gasteiger partial charge in [0.05, 0.1) is 0 Å². The molecule has 0 aromatic heterocycles. The summed E-state index contributed by atoms with van der Waals surface area (Å²) in [7, 11) is 1.96. The zero-order valence-corrected chi connectivity index (χ0v) is 5.99. The third-order valence-electron chi connectivity index (χ3n) is 1.15. The van der Waals surface area contributed by atoms with Crippen molar-refractivity contribution in [1.82, 2.24) is 5.32 Å². The van der Waals surface area contributed by atoms with Gasteiger partial charge in [-0.05, 0) is 12.8 Å². The minimum absolute atomic E-state index is 1.12. The first kappa shape index (κ1) is 7.54. The highest BCUT2D eigenvalue weighted by Gasteiger charge is 1.82. The summed E-state index contributed by atoms with van der Waals surface area (Å²) < 4.78 is 0. The van der Waals surface area contributed by atoms with Crippen LogP contribution in [0.3, 0.4) is 0 Å². The normalized spacial score (nSPS) is 11.6. The van der Waals surface area contributed by atoms with E-state index < -0.39 is 0 Å². The van der Waals surface area contributed by atoms with Gasteiger partial charge in [0.25, 0.3) is 0 Å². The van der Waals surface area contributed by atoms with Gasteiger partial charge in [0, 0.05) is 12.7 Å². The van der Waals surface area contributed by atoms with Crippen LogP contribution in [-0.4, -0.2) is 7.05 Å². The monoisotopic (exact) mass is 113 g/mol. The van der Waals surface area contributed by atoms with E-state index in [1.807, 2.05) is 7.05 Å². The fourth-order valence-corrected chi connectivity index (χ4v) is 0.670. The van der Waals surface area contributed by atoms with Crippen LogP contribution >= 0.6 is 0 Å². The summed E-state index contributed by atoms with van der Waals surface area (Å²) in [4.78, 5) is 0. The molecular formula is C7H15N. The molecule has 0 aromatic rings. The Morgan fingerprint density at radius 3 is 2.25 bits per heavy atom. The van der Waals surface area contributed by atoms with Crippen LogP contribution in [0.2, 0.25) is 0 Å². The molecule has 0 aliphatic carbocycles. The molecule has 8 heavy (non-hydrogen) atoms. The summed E-state index contributed by atoms with van der Waals surface area (Å²) in [5.41, 5.74) is 1.34. The van der Waals surface area contributed by atoms with Gasteiger partial charge in [-0.15, -0.1) is 0 Å². The number of hydrogen-bond acceptors (Lipinski definition) is 1. The molecule has 0 aliphatic heterocycles. The van der Waals surface area contributed by atoms with Crippen LogP contribution in [0.4, 0.5) is 0 Å². The zero-order valence-electron chi connectivity index (χ0n) is 5.99. The lowest BCUT2D eigenvalue weighted by atomic mass is 10.3. The van der Waals surface area contributed by atoms with E-state index in [0.29, 0.717) is 0 Å². The molecule has 48 valence electrons. The Kier molecular flexibility index (Phi) is 4.42. The molecule has 0 bridgehead atoms. The summed E-state index contributed by atoms with van der Waals surface area (Å²) in [6.45, 7) is 4.30. The summed E-state index contributed by atoms with van der Waals surface area (Å²) >= 11 is 0. The second-order valence-electron chi connectivity index (χ2n) is 1.74. The Labute approximate surface area is 51.8 Å². The molecule has 1 N–H and O–H groups in total. The van der Waals surface area contributed by atoms with Crippen molar-refractivity contribution in [3.05, 3.63) is 11.8 Å². The van der Waals surface area contributed by atoms with Crippen LogP contribution < -0.4 is 5.32 Å². The third kappa shape index (κ3) is 2.67. The van der Waals surface area contributed by atoms with Crippen LogP contribution in [0, 0.1) is 0 Å². The highest BCUT2D eigenvalue weighted by molar-refractivity contribution is 4.96. The third-order valence-corrected chi connectivity index (χ3v) is 1.15. The quantitative estimate of drug-likeness (QED) is 0.589. The van der Waals surface area contributed by atoms with E-state index >= 15 is 0 Å². The van der Waals surface area contributed by atoms with Gasteiger partial charge in [-0.25, -0.2) is 0 Å². The predicted octanol–water partition coefficient (Wildman–Crippen LogP) is 1.91. The van der Waals surface area contributed by atoms with Gasteiger partial charge >= 0.3 is 0 Å². The summed E-state index contributed by atoms with van der Waals surface area (Å²) in [6, 6.07) is 0. The van der Waals surface area contributed by atoms with Crippen LogP contribution in [0.25, 0.3) is 0 Å². The highest BCUT2D eigenvalue weighted by Crippen LogP contribution is 1.94. The van der Waals surface area contributed by atoms with E-state index in [2.05, 4.69) is 25.2 Å². The second kappa shape index (κ2) is 4.69. The smallest absolute Gasteiger partial charge is 0.00606 e. The first-order valence-corrected chi connectivity index (χ1v) is 3.21. The van der Waals surface area contributed by atoms with E-state index in [1.54, 1.807) is 0 Å². The van der Waals surface area contributed by atoms with Crippen molar-refractivity contribution in [2.75, 3.05) is 7.05 Å². The van der Waals surface area contributed by atoms with Crippen molar-refractivity contribution in [3.63, 3.8) is 0 Å². The van der Waals surface area contributed by atoms with Gasteiger partial charge in [0.1, 0.15) is 0 Å². The van der Waals surface area contributed by atoms with Gasteiger partial charge in [-0.2, -0.15) is 0 Å². The number of hydrogen-bond donors (Lipinski definition) is 1. The van der Waals surface area contributed by atoms with Crippen molar-refractivity contribution in [1.29, 1.82) is 0 Å². The number of rotatable bonds is 3. The lowest BCUT2D eigenvalue weighted by Gasteiger charge is -1.99. The molecule has 0 atom stereocenters. The average molecular weight is 113 g/mol. The Balaban J connectivity index is 3.49. The van der Waals surface area contributed by atoms with Crippen LogP contribution in [-0.2, 0) is 0 Å². The fourth-order valence-electron chi connectivity index (χ4n) is 0.670. The summed E-state index contributed by atoms with van der Waals surface area (Å²) in [5.74, 6) is 0. The lowest BCUT2D eigenvalue weighted by Crippen LogP contribution is -2.03.